The Hall–Kier alpha value is -1.96. The molecule has 0 spiro atoms. The van der Waals surface area contributed by atoms with E-state index in [1.807, 2.05) is 0 Å². The molecule has 0 fully saturated rings. The van der Waals surface area contributed by atoms with Crippen LogP contribution in [-0.2, 0) is 10.6 Å². The Morgan fingerprint density at radius 1 is 1.48 bits per heavy atom. The summed E-state index contributed by atoms with van der Waals surface area (Å²) < 4.78 is 62.3. The molecule has 1 amide bonds. The lowest BCUT2D eigenvalue weighted by Gasteiger charge is -2.21. The Morgan fingerprint density at radius 3 is 2.62 bits per heavy atom. The molecule has 1 unspecified atom stereocenters. The standard InChI is InChI=1S/C12H8ClF4NO3/c1-4-6-2-5(14)3-7(13)8(6)20-9(4)12(17,10(15)16)21-11(18)19/h2-3,10H,1H3,(H2,18,19). The second kappa shape index (κ2) is 5.10. The summed E-state index contributed by atoms with van der Waals surface area (Å²) in [5.74, 6) is -5.66. The number of halogens is 5. The van der Waals surface area contributed by atoms with Crippen LogP contribution in [0, 0.1) is 12.7 Å². The first-order chi connectivity index (χ1) is 9.66. The van der Waals surface area contributed by atoms with Crippen LogP contribution in [0.5, 0.6) is 0 Å². The normalized spacial score (nSPS) is 14.4. The second-order valence-corrected chi connectivity index (χ2v) is 4.59. The van der Waals surface area contributed by atoms with Gasteiger partial charge in [0.15, 0.2) is 11.3 Å². The topological polar surface area (TPSA) is 65.5 Å². The Kier molecular flexibility index (Phi) is 3.75. The van der Waals surface area contributed by atoms with Crippen LogP contribution in [0.3, 0.4) is 0 Å². The van der Waals surface area contributed by atoms with E-state index in [9.17, 15) is 22.4 Å². The van der Waals surface area contributed by atoms with Gasteiger partial charge in [-0.05, 0) is 19.1 Å². The number of nitrogens with two attached hydrogens (primary N) is 1. The minimum Gasteiger partial charge on any atom is -0.452 e. The van der Waals surface area contributed by atoms with Crippen LogP contribution in [-0.4, -0.2) is 12.5 Å². The van der Waals surface area contributed by atoms with E-state index in [2.05, 4.69) is 10.5 Å². The second-order valence-electron chi connectivity index (χ2n) is 4.19. The maximum absolute atomic E-state index is 14.3. The average Bonchev–Trinajstić information content (AvgIpc) is 2.67. The lowest BCUT2D eigenvalue weighted by atomic mass is 10.1. The van der Waals surface area contributed by atoms with Crippen molar-refractivity contribution < 1.29 is 31.5 Å². The van der Waals surface area contributed by atoms with Crippen molar-refractivity contribution in [2.45, 2.75) is 19.2 Å². The van der Waals surface area contributed by atoms with Gasteiger partial charge in [0.05, 0.1) is 5.02 Å². The van der Waals surface area contributed by atoms with Crippen molar-refractivity contribution >= 4 is 28.7 Å². The summed E-state index contributed by atoms with van der Waals surface area (Å²) in [5.41, 5.74) is 4.20. The van der Waals surface area contributed by atoms with Gasteiger partial charge in [0.1, 0.15) is 5.82 Å². The van der Waals surface area contributed by atoms with E-state index in [0.29, 0.717) is 0 Å². The molecule has 1 atom stereocenters. The minimum absolute atomic E-state index is 0.0225. The summed E-state index contributed by atoms with van der Waals surface area (Å²) in [6.07, 6.45) is -5.53. The number of hydrogen-bond acceptors (Lipinski definition) is 3. The van der Waals surface area contributed by atoms with E-state index in [-0.39, 0.29) is 21.6 Å². The number of hydrogen-bond donors (Lipinski definition) is 1. The number of carbonyl (C=O) groups excluding carboxylic acids is 1. The van der Waals surface area contributed by atoms with Crippen LogP contribution in [0.2, 0.25) is 5.02 Å². The fourth-order valence-corrected chi connectivity index (χ4v) is 2.15. The minimum atomic E-state index is -3.89. The van der Waals surface area contributed by atoms with Crippen molar-refractivity contribution in [3.05, 3.63) is 34.3 Å². The first-order valence-corrected chi connectivity index (χ1v) is 5.88. The van der Waals surface area contributed by atoms with E-state index in [4.69, 9.17) is 16.0 Å². The zero-order valence-electron chi connectivity index (χ0n) is 10.4. The predicted molar refractivity (Wildman–Crippen MR) is 65.4 cm³/mol. The summed E-state index contributed by atoms with van der Waals surface area (Å²) in [5, 5.41) is -0.263. The predicted octanol–water partition coefficient (Wildman–Crippen LogP) is 4.02. The summed E-state index contributed by atoms with van der Waals surface area (Å²) in [7, 11) is 0. The number of amides is 1. The van der Waals surface area contributed by atoms with Crippen molar-refractivity contribution in [3.63, 3.8) is 0 Å². The largest absolute Gasteiger partial charge is 0.452 e. The molecule has 4 nitrogen and oxygen atoms in total. The maximum Gasteiger partial charge on any atom is 0.407 e. The van der Waals surface area contributed by atoms with E-state index in [0.717, 1.165) is 12.1 Å². The van der Waals surface area contributed by atoms with E-state index >= 15 is 0 Å². The van der Waals surface area contributed by atoms with Crippen molar-refractivity contribution in [3.8, 4) is 0 Å². The van der Waals surface area contributed by atoms with Crippen LogP contribution in [0.1, 0.15) is 11.3 Å². The van der Waals surface area contributed by atoms with E-state index < -0.39 is 30.0 Å². The fraction of sp³-hybridized carbons (Fsp3) is 0.250. The highest BCUT2D eigenvalue weighted by Gasteiger charge is 2.51. The third-order valence-electron chi connectivity index (χ3n) is 2.80. The lowest BCUT2D eigenvalue weighted by molar-refractivity contribution is -0.202. The quantitative estimate of drug-likeness (QED) is 0.867. The van der Waals surface area contributed by atoms with Gasteiger partial charge in [-0.3, -0.25) is 0 Å². The number of alkyl halides is 3. The molecule has 0 bridgehead atoms. The first-order valence-electron chi connectivity index (χ1n) is 5.51. The lowest BCUT2D eigenvalue weighted by Crippen LogP contribution is -2.37. The third-order valence-corrected chi connectivity index (χ3v) is 3.08. The van der Waals surface area contributed by atoms with Gasteiger partial charge in [-0.15, -0.1) is 0 Å². The van der Waals surface area contributed by atoms with Gasteiger partial charge in [-0.1, -0.05) is 11.6 Å². The molecule has 0 radical (unpaired) electrons. The molecule has 9 heteroatoms. The highest BCUT2D eigenvalue weighted by Crippen LogP contribution is 2.42. The number of ether oxygens (including phenoxy) is 1. The molecule has 114 valence electrons. The number of furan rings is 1. The van der Waals surface area contributed by atoms with E-state index in [1.54, 1.807) is 0 Å². The number of rotatable bonds is 3. The van der Waals surface area contributed by atoms with Crippen molar-refractivity contribution in [1.82, 2.24) is 0 Å². The van der Waals surface area contributed by atoms with Crippen LogP contribution >= 0.6 is 11.6 Å². The molecule has 0 saturated carbocycles. The number of aryl methyl sites for hydroxylation is 1. The number of fused-ring (bicyclic) bond motifs is 1. The van der Waals surface area contributed by atoms with Crippen LogP contribution in [0.25, 0.3) is 11.0 Å². The molecule has 2 N–H and O–H groups in total. The number of carbonyl (C=O) groups is 1. The molecule has 0 aliphatic heterocycles. The first kappa shape index (κ1) is 15.4. The molecule has 2 rings (SSSR count). The highest BCUT2D eigenvalue weighted by molar-refractivity contribution is 6.34. The van der Waals surface area contributed by atoms with Crippen molar-refractivity contribution in [1.29, 1.82) is 0 Å². The summed E-state index contributed by atoms with van der Waals surface area (Å²) >= 11 is 5.71. The summed E-state index contributed by atoms with van der Waals surface area (Å²) in [4.78, 5) is 10.6. The highest BCUT2D eigenvalue weighted by atomic mass is 35.5. The van der Waals surface area contributed by atoms with Gasteiger partial charge >= 0.3 is 18.4 Å². The molecule has 1 aromatic heterocycles. The molecular weight excluding hydrogens is 318 g/mol. The molecule has 0 saturated heterocycles. The smallest absolute Gasteiger partial charge is 0.407 e. The van der Waals surface area contributed by atoms with Gasteiger partial charge in [-0.25, -0.2) is 18.0 Å². The molecule has 1 aromatic carbocycles. The van der Waals surface area contributed by atoms with Gasteiger partial charge in [-0.2, -0.15) is 4.39 Å². The molecular formula is C12H8ClF4NO3. The summed E-state index contributed by atoms with van der Waals surface area (Å²) in [6, 6.07) is 1.80. The Labute approximate surface area is 120 Å². The molecule has 0 aliphatic carbocycles. The third kappa shape index (κ3) is 2.51. The molecule has 0 aliphatic rings. The van der Waals surface area contributed by atoms with Crippen molar-refractivity contribution in [2.24, 2.45) is 5.73 Å². The fourth-order valence-electron chi connectivity index (χ4n) is 1.91. The van der Waals surface area contributed by atoms with Gasteiger partial charge in [0, 0.05) is 10.9 Å². The molecule has 2 aromatic rings. The van der Waals surface area contributed by atoms with Crippen molar-refractivity contribution in [2.75, 3.05) is 0 Å². The van der Waals surface area contributed by atoms with Gasteiger partial charge in [0.2, 0.25) is 0 Å². The average molecular weight is 326 g/mol. The number of primary amides is 1. The van der Waals surface area contributed by atoms with Crippen LogP contribution in [0.15, 0.2) is 16.5 Å². The van der Waals surface area contributed by atoms with E-state index in [1.165, 1.54) is 6.92 Å². The van der Waals surface area contributed by atoms with Crippen LogP contribution in [0.4, 0.5) is 22.4 Å². The zero-order valence-corrected chi connectivity index (χ0v) is 11.2. The van der Waals surface area contributed by atoms with Crippen LogP contribution < -0.4 is 5.73 Å². The summed E-state index contributed by atoms with van der Waals surface area (Å²) in [6.45, 7) is 1.19. The van der Waals surface area contributed by atoms with Gasteiger partial charge < -0.3 is 14.9 Å². The molecule has 21 heavy (non-hydrogen) atoms. The Bertz CT molecular complexity index is 718. The molecule has 1 heterocycles. The Morgan fingerprint density at radius 2 is 2.10 bits per heavy atom. The Balaban J connectivity index is 2.72. The monoisotopic (exact) mass is 325 g/mol. The SMILES string of the molecule is Cc1c(C(F)(OC(N)=O)C(F)F)oc2c(Cl)cc(F)cc12. The van der Waals surface area contributed by atoms with Gasteiger partial charge in [0.25, 0.3) is 0 Å². The maximum atomic E-state index is 14.3. The number of benzene rings is 1. The zero-order chi connectivity index (χ0) is 15.9.